The van der Waals surface area contributed by atoms with Crippen molar-refractivity contribution in [2.24, 2.45) is 0 Å². The first-order valence-corrected chi connectivity index (χ1v) is 6.50. The molecule has 1 aliphatic heterocycles. The maximum Gasteiger partial charge on any atom is 0.123 e. The second-order valence-corrected chi connectivity index (χ2v) is 4.60. The molecule has 1 heterocycles. The van der Waals surface area contributed by atoms with E-state index in [1.165, 1.54) is 12.1 Å². The van der Waals surface area contributed by atoms with E-state index in [9.17, 15) is 9.50 Å². The fourth-order valence-corrected chi connectivity index (χ4v) is 2.52. The molecule has 3 nitrogen and oxygen atoms in total. The lowest BCUT2D eigenvalue weighted by Crippen LogP contribution is -2.40. The van der Waals surface area contributed by atoms with E-state index in [0.717, 1.165) is 38.2 Å². The summed E-state index contributed by atoms with van der Waals surface area (Å²) >= 11 is 0. The van der Waals surface area contributed by atoms with E-state index in [1.807, 2.05) is 6.92 Å². The standard InChI is InChI=1S/C14H20FNO2/c1-2-18-13-4-3-7-16(9-13)14-6-5-12(15)8-11(14)10-17/h5-6,8,13,17H,2-4,7,9-10H2,1H3. The second-order valence-electron chi connectivity index (χ2n) is 4.60. The molecule has 1 saturated heterocycles. The van der Waals surface area contributed by atoms with Crippen molar-refractivity contribution >= 4 is 5.69 Å². The van der Waals surface area contributed by atoms with Crippen molar-refractivity contribution < 1.29 is 14.2 Å². The minimum absolute atomic E-state index is 0.136. The number of aliphatic hydroxyl groups excluding tert-OH is 1. The molecule has 0 aliphatic carbocycles. The van der Waals surface area contributed by atoms with E-state index in [4.69, 9.17) is 4.74 Å². The normalized spacial score (nSPS) is 20.2. The maximum atomic E-state index is 13.1. The molecule has 1 atom stereocenters. The third-order valence-electron chi connectivity index (χ3n) is 3.33. The van der Waals surface area contributed by atoms with Crippen LogP contribution in [0.4, 0.5) is 10.1 Å². The highest BCUT2D eigenvalue weighted by Crippen LogP contribution is 2.26. The molecule has 0 bridgehead atoms. The number of rotatable bonds is 4. The highest BCUT2D eigenvalue weighted by Gasteiger charge is 2.21. The number of nitrogens with zero attached hydrogens (tertiary/aromatic N) is 1. The van der Waals surface area contributed by atoms with Gasteiger partial charge in [-0.05, 0) is 38.0 Å². The number of ether oxygens (including phenoxy) is 1. The molecule has 1 N–H and O–H groups in total. The molecule has 1 aliphatic rings. The number of halogens is 1. The summed E-state index contributed by atoms with van der Waals surface area (Å²) < 4.78 is 18.8. The van der Waals surface area contributed by atoms with Gasteiger partial charge in [-0.15, -0.1) is 0 Å². The third kappa shape index (κ3) is 3.00. The number of anilines is 1. The van der Waals surface area contributed by atoms with Crippen molar-refractivity contribution in [1.29, 1.82) is 0 Å². The molecule has 0 saturated carbocycles. The van der Waals surface area contributed by atoms with Gasteiger partial charge in [0.2, 0.25) is 0 Å². The number of benzene rings is 1. The molecule has 0 amide bonds. The first kappa shape index (κ1) is 13.3. The van der Waals surface area contributed by atoms with Gasteiger partial charge in [0.05, 0.1) is 12.7 Å². The zero-order chi connectivity index (χ0) is 13.0. The smallest absolute Gasteiger partial charge is 0.123 e. The largest absolute Gasteiger partial charge is 0.392 e. The van der Waals surface area contributed by atoms with Crippen molar-refractivity contribution in [2.45, 2.75) is 32.5 Å². The summed E-state index contributed by atoms with van der Waals surface area (Å²) in [6.45, 7) is 4.32. The lowest BCUT2D eigenvalue weighted by atomic mass is 10.1. The highest BCUT2D eigenvalue weighted by atomic mass is 19.1. The van der Waals surface area contributed by atoms with Gasteiger partial charge in [-0.2, -0.15) is 0 Å². The summed E-state index contributed by atoms with van der Waals surface area (Å²) in [7, 11) is 0. The fourth-order valence-electron chi connectivity index (χ4n) is 2.52. The van der Waals surface area contributed by atoms with Crippen LogP contribution in [0.15, 0.2) is 18.2 Å². The third-order valence-corrected chi connectivity index (χ3v) is 3.33. The van der Waals surface area contributed by atoms with Gasteiger partial charge in [-0.3, -0.25) is 0 Å². The first-order valence-electron chi connectivity index (χ1n) is 6.50. The summed E-state index contributed by atoms with van der Waals surface area (Å²) in [6, 6.07) is 4.59. The Hall–Kier alpha value is -1.13. The van der Waals surface area contributed by atoms with Gasteiger partial charge in [0.15, 0.2) is 0 Å². The summed E-state index contributed by atoms with van der Waals surface area (Å²) in [5.41, 5.74) is 1.57. The molecule has 1 unspecified atom stereocenters. The van der Waals surface area contributed by atoms with Crippen LogP contribution in [0.2, 0.25) is 0 Å². The van der Waals surface area contributed by atoms with Crippen LogP contribution in [0.3, 0.4) is 0 Å². The number of hydrogen-bond donors (Lipinski definition) is 1. The summed E-state index contributed by atoms with van der Waals surface area (Å²) in [6.07, 6.45) is 2.37. The molecule has 0 radical (unpaired) electrons. The Morgan fingerprint density at radius 3 is 3.06 bits per heavy atom. The molecule has 18 heavy (non-hydrogen) atoms. The molecule has 0 spiro atoms. The number of piperidine rings is 1. The molecule has 0 aromatic heterocycles. The quantitative estimate of drug-likeness (QED) is 0.894. The van der Waals surface area contributed by atoms with E-state index >= 15 is 0 Å². The molecule has 100 valence electrons. The zero-order valence-electron chi connectivity index (χ0n) is 10.7. The van der Waals surface area contributed by atoms with Crippen molar-refractivity contribution in [3.8, 4) is 0 Å². The zero-order valence-corrected chi connectivity index (χ0v) is 10.7. The monoisotopic (exact) mass is 253 g/mol. The Bertz CT molecular complexity index is 395. The van der Waals surface area contributed by atoms with Gasteiger partial charge < -0.3 is 14.7 Å². The Labute approximate surface area is 107 Å². The predicted octanol–water partition coefficient (Wildman–Crippen LogP) is 2.32. The van der Waals surface area contributed by atoms with Gasteiger partial charge in [-0.1, -0.05) is 0 Å². The molecule has 2 rings (SSSR count). The van der Waals surface area contributed by atoms with Crippen LogP contribution in [0, 0.1) is 5.82 Å². The molecule has 1 fully saturated rings. The van der Waals surface area contributed by atoms with Crippen LogP contribution in [-0.2, 0) is 11.3 Å². The Kier molecular flexibility index (Phi) is 4.55. The molecule has 4 heteroatoms. The topological polar surface area (TPSA) is 32.7 Å². The van der Waals surface area contributed by atoms with Crippen molar-refractivity contribution in [1.82, 2.24) is 0 Å². The molecular weight excluding hydrogens is 233 g/mol. The van der Waals surface area contributed by atoms with Crippen molar-refractivity contribution in [3.63, 3.8) is 0 Å². The summed E-state index contributed by atoms with van der Waals surface area (Å²) in [4.78, 5) is 2.18. The lowest BCUT2D eigenvalue weighted by Gasteiger charge is -2.35. The summed E-state index contributed by atoms with van der Waals surface area (Å²) in [5.74, 6) is -0.304. The second kappa shape index (κ2) is 6.16. The minimum Gasteiger partial charge on any atom is -0.392 e. The van der Waals surface area contributed by atoms with Crippen LogP contribution in [0.5, 0.6) is 0 Å². The Morgan fingerprint density at radius 2 is 2.33 bits per heavy atom. The fraction of sp³-hybridized carbons (Fsp3) is 0.571. The van der Waals surface area contributed by atoms with Gasteiger partial charge in [0, 0.05) is 30.9 Å². The molecule has 1 aromatic carbocycles. The van der Waals surface area contributed by atoms with Crippen molar-refractivity contribution in [3.05, 3.63) is 29.6 Å². The molecular formula is C14H20FNO2. The van der Waals surface area contributed by atoms with Crippen LogP contribution < -0.4 is 4.90 Å². The highest BCUT2D eigenvalue weighted by molar-refractivity contribution is 5.54. The Morgan fingerprint density at radius 1 is 1.50 bits per heavy atom. The van der Waals surface area contributed by atoms with E-state index in [0.29, 0.717) is 5.56 Å². The Balaban J connectivity index is 2.15. The van der Waals surface area contributed by atoms with Crippen LogP contribution in [0.25, 0.3) is 0 Å². The predicted molar refractivity (Wildman–Crippen MR) is 69.2 cm³/mol. The van der Waals surface area contributed by atoms with Crippen molar-refractivity contribution in [2.75, 3.05) is 24.6 Å². The minimum atomic E-state index is -0.304. The van der Waals surface area contributed by atoms with Gasteiger partial charge in [-0.25, -0.2) is 4.39 Å². The number of hydrogen-bond acceptors (Lipinski definition) is 3. The van der Waals surface area contributed by atoms with Crippen LogP contribution >= 0.6 is 0 Å². The molecule has 1 aromatic rings. The lowest BCUT2D eigenvalue weighted by molar-refractivity contribution is 0.0526. The summed E-state index contributed by atoms with van der Waals surface area (Å²) in [5, 5.41) is 9.32. The van der Waals surface area contributed by atoms with Crippen LogP contribution in [-0.4, -0.2) is 30.9 Å². The van der Waals surface area contributed by atoms with Gasteiger partial charge in [0.25, 0.3) is 0 Å². The average molecular weight is 253 g/mol. The number of aliphatic hydroxyl groups is 1. The van der Waals surface area contributed by atoms with E-state index in [1.54, 1.807) is 6.07 Å². The first-order chi connectivity index (χ1) is 8.74. The van der Waals surface area contributed by atoms with Crippen LogP contribution in [0.1, 0.15) is 25.3 Å². The average Bonchev–Trinajstić information content (AvgIpc) is 2.39. The van der Waals surface area contributed by atoms with E-state index in [2.05, 4.69) is 4.90 Å². The maximum absolute atomic E-state index is 13.1. The SMILES string of the molecule is CCOC1CCCN(c2ccc(F)cc2CO)C1. The van der Waals surface area contributed by atoms with E-state index in [-0.39, 0.29) is 18.5 Å². The van der Waals surface area contributed by atoms with Gasteiger partial charge in [0.1, 0.15) is 5.82 Å². The van der Waals surface area contributed by atoms with E-state index < -0.39 is 0 Å². The van der Waals surface area contributed by atoms with Gasteiger partial charge >= 0.3 is 0 Å².